The smallest absolute Gasteiger partial charge is 0.253 e. The van der Waals surface area contributed by atoms with E-state index in [-0.39, 0.29) is 11.8 Å². The highest BCUT2D eigenvalue weighted by molar-refractivity contribution is 6.31. The summed E-state index contributed by atoms with van der Waals surface area (Å²) in [5, 5.41) is 0.682. The summed E-state index contributed by atoms with van der Waals surface area (Å²) in [6.07, 6.45) is 1.62. The van der Waals surface area contributed by atoms with Gasteiger partial charge in [0.2, 0.25) is 5.91 Å². The highest BCUT2D eigenvalue weighted by atomic mass is 35.5. The number of piperidine rings is 1. The highest BCUT2D eigenvalue weighted by Gasteiger charge is 2.39. The van der Waals surface area contributed by atoms with Crippen LogP contribution in [-0.2, 0) is 11.3 Å². The first-order valence-electron chi connectivity index (χ1n) is 13.4. The van der Waals surface area contributed by atoms with Crippen molar-refractivity contribution in [2.75, 3.05) is 41.0 Å². The molecular weight excluding hydrogens is 528 g/mol. The van der Waals surface area contributed by atoms with Gasteiger partial charge in [-0.3, -0.25) is 9.59 Å². The molecule has 0 N–H and O–H groups in total. The van der Waals surface area contributed by atoms with Gasteiger partial charge in [0.1, 0.15) is 5.75 Å². The van der Waals surface area contributed by atoms with Crippen LogP contribution in [0.2, 0.25) is 5.02 Å². The van der Waals surface area contributed by atoms with E-state index in [9.17, 15) is 9.59 Å². The molecule has 0 bridgehead atoms. The minimum Gasteiger partial charge on any atom is -0.493 e. The van der Waals surface area contributed by atoms with Gasteiger partial charge >= 0.3 is 0 Å². The maximum Gasteiger partial charge on any atom is 0.253 e. The van der Waals surface area contributed by atoms with Crippen molar-refractivity contribution in [1.29, 1.82) is 0 Å². The minimum absolute atomic E-state index is 0.0550. The van der Waals surface area contributed by atoms with Crippen LogP contribution in [0.25, 0.3) is 0 Å². The number of nitrogens with zero attached hydrogens (tertiary/aromatic N) is 2. The Balaban J connectivity index is 1.48. The Bertz CT molecular complexity index is 1320. The molecule has 3 aromatic carbocycles. The number of hydrogen-bond donors (Lipinski definition) is 0. The van der Waals surface area contributed by atoms with Crippen LogP contribution < -0.4 is 14.2 Å². The molecule has 1 aliphatic heterocycles. The van der Waals surface area contributed by atoms with Crippen molar-refractivity contribution >= 4 is 23.4 Å². The molecule has 1 saturated heterocycles. The molecule has 2 amide bonds. The van der Waals surface area contributed by atoms with E-state index in [0.717, 1.165) is 16.9 Å². The molecule has 212 valence electrons. The van der Waals surface area contributed by atoms with Crippen molar-refractivity contribution < 1.29 is 23.8 Å². The van der Waals surface area contributed by atoms with Crippen molar-refractivity contribution in [3.05, 3.63) is 88.4 Å². The van der Waals surface area contributed by atoms with E-state index < -0.39 is 5.41 Å². The Morgan fingerprint density at radius 2 is 1.65 bits per heavy atom. The van der Waals surface area contributed by atoms with E-state index in [0.29, 0.717) is 67.6 Å². The molecule has 0 radical (unpaired) electrons. The fraction of sp³-hybridized carbons (Fsp3) is 0.375. The summed E-state index contributed by atoms with van der Waals surface area (Å²) in [5.41, 5.74) is 2.14. The van der Waals surface area contributed by atoms with E-state index in [1.54, 1.807) is 37.3 Å². The van der Waals surface area contributed by atoms with E-state index in [4.69, 9.17) is 25.8 Å². The topological polar surface area (TPSA) is 68.3 Å². The van der Waals surface area contributed by atoms with Gasteiger partial charge in [-0.1, -0.05) is 41.9 Å². The van der Waals surface area contributed by atoms with Crippen molar-refractivity contribution in [2.45, 2.75) is 32.7 Å². The Morgan fingerprint density at radius 1 is 0.950 bits per heavy atom. The van der Waals surface area contributed by atoms with E-state index >= 15 is 0 Å². The van der Waals surface area contributed by atoms with E-state index in [2.05, 4.69) is 0 Å². The van der Waals surface area contributed by atoms with E-state index in [1.165, 1.54) is 0 Å². The average molecular weight is 565 g/mol. The summed E-state index contributed by atoms with van der Waals surface area (Å²) in [7, 11) is 4.95. The van der Waals surface area contributed by atoms with Crippen LogP contribution in [0.3, 0.4) is 0 Å². The highest BCUT2D eigenvalue weighted by Crippen LogP contribution is 2.38. The molecule has 40 heavy (non-hydrogen) atoms. The zero-order chi connectivity index (χ0) is 28.7. The van der Waals surface area contributed by atoms with Gasteiger partial charge in [-0.2, -0.15) is 0 Å². The maximum atomic E-state index is 13.4. The number of amides is 2. The Morgan fingerprint density at radius 3 is 2.30 bits per heavy atom. The summed E-state index contributed by atoms with van der Waals surface area (Å²) in [6, 6.07) is 20.7. The lowest BCUT2D eigenvalue weighted by Gasteiger charge is -2.42. The van der Waals surface area contributed by atoms with Gasteiger partial charge in [0.05, 0.1) is 20.8 Å². The first-order valence-corrected chi connectivity index (χ1v) is 13.8. The third-order valence-electron chi connectivity index (χ3n) is 7.63. The number of benzene rings is 3. The monoisotopic (exact) mass is 564 g/mol. The molecular formula is C32H37ClN2O5. The molecule has 4 rings (SSSR count). The zero-order valence-electron chi connectivity index (χ0n) is 23.6. The number of ether oxygens (including phenoxy) is 3. The number of halogens is 1. The van der Waals surface area contributed by atoms with Crippen LogP contribution in [0.1, 0.15) is 40.7 Å². The predicted molar refractivity (Wildman–Crippen MR) is 156 cm³/mol. The number of carbonyl (C=O) groups is 2. The fourth-order valence-electron chi connectivity index (χ4n) is 5.05. The largest absolute Gasteiger partial charge is 0.493 e. The normalized spacial score (nSPS) is 14.4. The molecule has 3 aromatic rings. The summed E-state index contributed by atoms with van der Waals surface area (Å²) in [5.74, 6) is 1.79. The number of hydrogen-bond acceptors (Lipinski definition) is 5. The van der Waals surface area contributed by atoms with Crippen LogP contribution >= 0.6 is 11.6 Å². The first-order chi connectivity index (χ1) is 19.2. The Kier molecular flexibility index (Phi) is 9.58. The summed E-state index contributed by atoms with van der Waals surface area (Å²) in [6.45, 7) is 3.89. The number of likely N-dealkylation sites (tertiary alicyclic amines) is 1. The van der Waals surface area contributed by atoms with Crippen LogP contribution in [0.15, 0.2) is 66.7 Å². The van der Waals surface area contributed by atoms with Gasteiger partial charge in [-0.15, -0.1) is 0 Å². The average Bonchev–Trinajstić information content (AvgIpc) is 2.98. The molecule has 8 heteroatoms. The molecule has 1 heterocycles. The molecule has 1 fully saturated rings. The predicted octanol–water partition coefficient (Wildman–Crippen LogP) is 6.02. The lowest BCUT2D eigenvalue weighted by molar-refractivity contribution is -0.134. The Hall–Kier alpha value is -3.71. The molecule has 0 unspecified atom stereocenters. The van der Waals surface area contributed by atoms with Crippen molar-refractivity contribution in [3.8, 4) is 17.2 Å². The fourth-order valence-corrected chi connectivity index (χ4v) is 5.17. The number of rotatable bonds is 10. The molecule has 0 aliphatic carbocycles. The lowest BCUT2D eigenvalue weighted by atomic mass is 9.75. The van der Waals surface area contributed by atoms with Crippen LogP contribution in [-0.4, -0.2) is 62.6 Å². The standard InChI is InChI=1S/C32H37ClN2O5/c1-23-18-26(11-12-27(23)33)40-22-32(20-30(36)34(2)21-24-8-6-5-7-9-24)14-16-35(17-15-32)31(37)25-10-13-28(38-3)29(19-25)39-4/h5-13,18-19H,14-17,20-22H2,1-4H3. The van der Waals surface area contributed by atoms with Crippen LogP contribution in [0.5, 0.6) is 17.2 Å². The second kappa shape index (κ2) is 13.1. The summed E-state index contributed by atoms with van der Waals surface area (Å²) in [4.78, 5) is 30.4. The van der Waals surface area contributed by atoms with Gasteiger partial charge in [0.25, 0.3) is 5.91 Å². The maximum absolute atomic E-state index is 13.4. The van der Waals surface area contributed by atoms with Gasteiger partial charge in [0, 0.05) is 49.1 Å². The van der Waals surface area contributed by atoms with Crippen molar-refractivity contribution in [3.63, 3.8) is 0 Å². The van der Waals surface area contributed by atoms with Crippen LogP contribution in [0.4, 0.5) is 0 Å². The number of carbonyl (C=O) groups excluding carboxylic acids is 2. The molecule has 1 aliphatic rings. The van der Waals surface area contributed by atoms with Crippen LogP contribution in [0, 0.1) is 12.3 Å². The van der Waals surface area contributed by atoms with Crippen molar-refractivity contribution in [2.24, 2.45) is 5.41 Å². The quantitative estimate of drug-likeness (QED) is 0.301. The summed E-state index contributed by atoms with van der Waals surface area (Å²) < 4.78 is 16.9. The SMILES string of the molecule is COc1ccc(C(=O)N2CCC(COc3ccc(Cl)c(C)c3)(CC(=O)N(C)Cc3ccccc3)CC2)cc1OC. The van der Waals surface area contributed by atoms with E-state index in [1.807, 2.05) is 67.4 Å². The molecule has 7 nitrogen and oxygen atoms in total. The third kappa shape index (κ3) is 7.07. The molecule has 0 aromatic heterocycles. The molecule has 0 saturated carbocycles. The first kappa shape index (κ1) is 29.3. The Labute approximate surface area is 241 Å². The van der Waals surface area contributed by atoms with Gasteiger partial charge < -0.3 is 24.0 Å². The second-order valence-electron chi connectivity index (χ2n) is 10.5. The lowest BCUT2D eigenvalue weighted by Crippen LogP contribution is -2.47. The number of methoxy groups -OCH3 is 2. The minimum atomic E-state index is -0.413. The zero-order valence-corrected chi connectivity index (χ0v) is 24.4. The third-order valence-corrected chi connectivity index (χ3v) is 8.05. The van der Waals surface area contributed by atoms with Gasteiger partial charge in [0.15, 0.2) is 11.5 Å². The van der Waals surface area contributed by atoms with Gasteiger partial charge in [-0.25, -0.2) is 0 Å². The summed E-state index contributed by atoms with van der Waals surface area (Å²) >= 11 is 6.20. The second-order valence-corrected chi connectivity index (χ2v) is 10.9. The number of aryl methyl sites for hydroxylation is 1. The molecule has 0 atom stereocenters. The van der Waals surface area contributed by atoms with Gasteiger partial charge in [-0.05, 0) is 67.3 Å². The van der Waals surface area contributed by atoms with Crippen molar-refractivity contribution in [1.82, 2.24) is 9.80 Å². The molecule has 0 spiro atoms.